The van der Waals surface area contributed by atoms with Gasteiger partial charge in [-0.2, -0.15) is 11.8 Å². The molecule has 1 heterocycles. The average molecular weight is 300 g/mol. The van der Waals surface area contributed by atoms with Crippen molar-refractivity contribution in [3.05, 3.63) is 0 Å². The van der Waals surface area contributed by atoms with Crippen LogP contribution in [0, 0.1) is 0 Å². The van der Waals surface area contributed by atoms with Crippen LogP contribution in [0.2, 0.25) is 0 Å². The van der Waals surface area contributed by atoms with Crippen LogP contribution in [0.25, 0.3) is 0 Å². The van der Waals surface area contributed by atoms with Crippen molar-refractivity contribution in [2.45, 2.75) is 51.3 Å². The Morgan fingerprint density at radius 2 is 2.20 bits per heavy atom. The zero-order valence-corrected chi connectivity index (χ0v) is 13.7. The van der Waals surface area contributed by atoms with Crippen LogP contribution in [0.15, 0.2) is 4.99 Å². The minimum absolute atomic E-state index is 0.0784. The van der Waals surface area contributed by atoms with Gasteiger partial charge in [0.1, 0.15) is 0 Å². The highest BCUT2D eigenvalue weighted by molar-refractivity contribution is 8.00. The monoisotopic (exact) mass is 300 g/mol. The molecule has 116 valence electrons. The number of thioether (sulfide) groups is 1. The predicted molar refractivity (Wildman–Crippen MR) is 87.4 cm³/mol. The fourth-order valence-electron chi connectivity index (χ4n) is 2.01. The lowest BCUT2D eigenvalue weighted by atomic mass is 10.2. The third-order valence-corrected chi connectivity index (χ3v) is 4.30. The lowest BCUT2D eigenvalue weighted by molar-refractivity contribution is -0.121. The molecule has 6 heteroatoms. The molecule has 3 N–H and O–H groups in total. The van der Waals surface area contributed by atoms with E-state index in [0.29, 0.717) is 18.2 Å². The summed E-state index contributed by atoms with van der Waals surface area (Å²) >= 11 is 2.01. The molecule has 1 aliphatic heterocycles. The zero-order chi connectivity index (χ0) is 14.8. The number of nitrogens with zero attached hydrogens (tertiary/aromatic N) is 1. The Labute approximate surface area is 126 Å². The molecular formula is C14H28N4OS. The number of amides is 1. The summed E-state index contributed by atoms with van der Waals surface area (Å²) in [7, 11) is 0. The van der Waals surface area contributed by atoms with Crippen molar-refractivity contribution in [2.24, 2.45) is 4.99 Å². The normalized spacial score (nSPS) is 19.2. The van der Waals surface area contributed by atoms with E-state index in [-0.39, 0.29) is 11.9 Å². The summed E-state index contributed by atoms with van der Waals surface area (Å²) in [5.41, 5.74) is 0. The van der Waals surface area contributed by atoms with Gasteiger partial charge in [0.25, 0.3) is 0 Å². The van der Waals surface area contributed by atoms with Gasteiger partial charge in [0, 0.05) is 30.8 Å². The van der Waals surface area contributed by atoms with Crippen molar-refractivity contribution in [1.82, 2.24) is 16.0 Å². The molecular weight excluding hydrogens is 272 g/mol. The molecule has 0 saturated carbocycles. The molecule has 1 rings (SSSR count). The van der Waals surface area contributed by atoms with E-state index >= 15 is 0 Å². The Hall–Kier alpha value is -0.910. The van der Waals surface area contributed by atoms with Crippen LogP contribution in [0.1, 0.15) is 40.0 Å². The molecule has 1 atom stereocenters. The highest BCUT2D eigenvalue weighted by atomic mass is 32.2. The molecule has 0 spiro atoms. The highest BCUT2D eigenvalue weighted by Gasteiger charge is 2.15. The minimum atomic E-state index is 0.0784. The van der Waals surface area contributed by atoms with Crippen molar-refractivity contribution >= 4 is 23.6 Å². The Morgan fingerprint density at radius 3 is 2.80 bits per heavy atom. The average Bonchev–Trinajstić information content (AvgIpc) is 2.88. The van der Waals surface area contributed by atoms with Gasteiger partial charge in [0.05, 0.1) is 6.54 Å². The van der Waals surface area contributed by atoms with Gasteiger partial charge in [-0.05, 0) is 39.4 Å². The standard InChI is InChI=1S/C14H28N4OS/c1-4-15-14(17-10-12-6-5-9-20-12)16-8-7-13(19)18-11(2)3/h11-12H,4-10H2,1-3H3,(H,18,19)(H2,15,16,17). The minimum Gasteiger partial charge on any atom is -0.357 e. The fourth-order valence-corrected chi connectivity index (χ4v) is 3.19. The number of nitrogens with one attached hydrogen (secondary N) is 3. The SMILES string of the molecule is CCNC(=NCC1CCCS1)NCCC(=O)NC(C)C. The first-order chi connectivity index (χ1) is 9.61. The van der Waals surface area contributed by atoms with Gasteiger partial charge in [0.2, 0.25) is 5.91 Å². The van der Waals surface area contributed by atoms with Crippen LogP contribution in [-0.2, 0) is 4.79 Å². The van der Waals surface area contributed by atoms with Gasteiger partial charge >= 0.3 is 0 Å². The summed E-state index contributed by atoms with van der Waals surface area (Å²) in [5, 5.41) is 9.98. The van der Waals surface area contributed by atoms with Gasteiger partial charge in [0.15, 0.2) is 5.96 Å². The summed E-state index contributed by atoms with van der Waals surface area (Å²) in [6.45, 7) is 8.29. The molecule has 0 bridgehead atoms. The van der Waals surface area contributed by atoms with Gasteiger partial charge < -0.3 is 16.0 Å². The molecule has 0 aliphatic carbocycles. The number of guanidine groups is 1. The van der Waals surface area contributed by atoms with Crippen molar-refractivity contribution in [1.29, 1.82) is 0 Å². The Kier molecular flexibility index (Phi) is 8.49. The molecule has 0 aromatic rings. The lowest BCUT2D eigenvalue weighted by Gasteiger charge is -2.13. The van der Waals surface area contributed by atoms with Crippen molar-refractivity contribution in [2.75, 3.05) is 25.4 Å². The Morgan fingerprint density at radius 1 is 1.40 bits per heavy atom. The number of rotatable bonds is 7. The summed E-state index contributed by atoms with van der Waals surface area (Å²) in [5.74, 6) is 2.16. The van der Waals surface area contributed by atoms with Crippen LogP contribution in [-0.4, -0.2) is 48.5 Å². The number of carbonyl (C=O) groups excluding carboxylic acids is 1. The van der Waals surface area contributed by atoms with E-state index in [0.717, 1.165) is 19.0 Å². The highest BCUT2D eigenvalue weighted by Crippen LogP contribution is 2.25. The lowest BCUT2D eigenvalue weighted by Crippen LogP contribution is -2.40. The van der Waals surface area contributed by atoms with Crippen molar-refractivity contribution in [3.8, 4) is 0 Å². The Bertz CT molecular complexity index is 314. The first-order valence-corrected chi connectivity index (χ1v) is 8.59. The third kappa shape index (κ3) is 7.62. The maximum absolute atomic E-state index is 11.5. The van der Waals surface area contributed by atoms with Gasteiger partial charge in [-0.1, -0.05) is 0 Å². The van der Waals surface area contributed by atoms with E-state index in [9.17, 15) is 4.79 Å². The molecule has 0 aromatic heterocycles. The molecule has 5 nitrogen and oxygen atoms in total. The molecule has 1 aliphatic rings. The first-order valence-electron chi connectivity index (χ1n) is 7.55. The number of hydrogen-bond acceptors (Lipinski definition) is 3. The number of aliphatic imine (C=N–C) groups is 1. The summed E-state index contributed by atoms with van der Waals surface area (Å²) in [6.07, 6.45) is 3.05. The topological polar surface area (TPSA) is 65.5 Å². The molecule has 1 amide bonds. The zero-order valence-electron chi connectivity index (χ0n) is 12.9. The van der Waals surface area contributed by atoms with Crippen LogP contribution < -0.4 is 16.0 Å². The van der Waals surface area contributed by atoms with E-state index in [2.05, 4.69) is 20.9 Å². The number of carbonyl (C=O) groups is 1. The number of hydrogen-bond donors (Lipinski definition) is 3. The van der Waals surface area contributed by atoms with Gasteiger partial charge in [-0.25, -0.2) is 0 Å². The summed E-state index contributed by atoms with van der Waals surface area (Å²) in [6, 6.07) is 0.198. The second kappa shape index (κ2) is 9.91. The van der Waals surface area contributed by atoms with Gasteiger partial charge in [-0.3, -0.25) is 9.79 Å². The molecule has 0 aromatic carbocycles. The van der Waals surface area contributed by atoms with Crippen LogP contribution in [0.3, 0.4) is 0 Å². The second-order valence-electron chi connectivity index (χ2n) is 5.25. The van der Waals surface area contributed by atoms with Crippen molar-refractivity contribution in [3.63, 3.8) is 0 Å². The second-order valence-corrected chi connectivity index (χ2v) is 6.66. The van der Waals surface area contributed by atoms with E-state index in [4.69, 9.17) is 0 Å². The maximum Gasteiger partial charge on any atom is 0.221 e. The van der Waals surface area contributed by atoms with E-state index in [1.807, 2.05) is 32.5 Å². The quantitative estimate of drug-likeness (QED) is 0.490. The molecule has 1 fully saturated rings. The van der Waals surface area contributed by atoms with E-state index in [1.165, 1.54) is 18.6 Å². The summed E-state index contributed by atoms with van der Waals surface area (Å²) < 4.78 is 0. The Balaban J connectivity index is 2.26. The van der Waals surface area contributed by atoms with Crippen LogP contribution in [0.4, 0.5) is 0 Å². The van der Waals surface area contributed by atoms with Crippen LogP contribution >= 0.6 is 11.8 Å². The van der Waals surface area contributed by atoms with Gasteiger partial charge in [-0.15, -0.1) is 0 Å². The van der Waals surface area contributed by atoms with E-state index in [1.54, 1.807) is 0 Å². The fraction of sp³-hybridized carbons (Fsp3) is 0.857. The third-order valence-electron chi connectivity index (χ3n) is 2.92. The largest absolute Gasteiger partial charge is 0.357 e. The van der Waals surface area contributed by atoms with Crippen molar-refractivity contribution < 1.29 is 4.79 Å². The smallest absolute Gasteiger partial charge is 0.221 e. The molecule has 1 saturated heterocycles. The van der Waals surface area contributed by atoms with Crippen LogP contribution in [0.5, 0.6) is 0 Å². The molecule has 1 unspecified atom stereocenters. The predicted octanol–water partition coefficient (Wildman–Crippen LogP) is 1.35. The summed E-state index contributed by atoms with van der Waals surface area (Å²) in [4.78, 5) is 16.1. The van der Waals surface area contributed by atoms with E-state index < -0.39 is 0 Å². The molecule has 20 heavy (non-hydrogen) atoms. The first kappa shape index (κ1) is 17.1. The molecule has 0 radical (unpaired) electrons. The maximum atomic E-state index is 11.5.